The van der Waals surface area contributed by atoms with Crippen LogP contribution in [0.2, 0.25) is 0 Å². The number of nitrogens with one attached hydrogen (secondary N) is 2. The SMILES string of the molecule is CCNC(=NCCCCCCC(=O)OCC)NC1CCN(c2cccs2)CC1. The van der Waals surface area contributed by atoms with Crippen molar-refractivity contribution in [2.75, 3.05) is 37.7 Å². The number of carbonyl (C=O) groups is 1. The van der Waals surface area contributed by atoms with E-state index in [2.05, 4.69) is 40.0 Å². The highest BCUT2D eigenvalue weighted by molar-refractivity contribution is 7.14. The predicted octanol–water partition coefficient (Wildman–Crippen LogP) is 3.79. The molecule has 0 aromatic carbocycles. The molecule has 0 aliphatic carbocycles. The molecule has 0 amide bonds. The zero-order valence-electron chi connectivity index (χ0n) is 17.4. The summed E-state index contributed by atoms with van der Waals surface area (Å²) in [5.41, 5.74) is 0. The molecule has 2 heterocycles. The van der Waals surface area contributed by atoms with Crippen LogP contribution in [0.25, 0.3) is 0 Å². The average Bonchev–Trinajstić information content (AvgIpc) is 3.23. The number of aliphatic imine (C=N–C) groups is 1. The minimum atomic E-state index is -0.0794. The van der Waals surface area contributed by atoms with Crippen molar-refractivity contribution in [3.05, 3.63) is 17.5 Å². The Kier molecular flexibility index (Phi) is 10.8. The lowest BCUT2D eigenvalue weighted by molar-refractivity contribution is -0.143. The molecule has 28 heavy (non-hydrogen) atoms. The van der Waals surface area contributed by atoms with Crippen molar-refractivity contribution < 1.29 is 9.53 Å². The van der Waals surface area contributed by atoms with E-state index < -0.39 is 0 Å². The molecule has 1 aromatic rings. The molecule has 1 aliphatic rings. The van der Waals surface area contributed by atoms with Crippen molar-refractivity contribution in [2.45, 2.75) is 64.8 Å². The number of rotatable bonds is 11. The van der Waals surface area contributed by atoms with Gasteiger partial charge in [-0.15, -0.1) is 11.3 Å². The van der Waals surface area contributed by atoms with Crippen LogP contribution in [0.4, 0.5) is 5.00 Å². The van der Waals surface area contributed by atoms with E-state index in [9.17, 15) is 4.79 Å². The molecule has 0 bridgehead atoms. The van der Waals surface area contributed by atoms with Gasteiger partial charge in [0.25, 0.3) is 0 Å². The molecule has 158 valence electrons. The van der Waals surface area contributed by atoms with Crippen LogP contribution in [0, 0.1) is 0 Å². The number of piperidine rings is 1. The van der Waals surface area contributed by atoms with Crippen LogP contribution in [-0.4, -0.2) is 50.8 Å². The molecule has 2 N–H and O–H groups in total. The Morgan fingerprint density at radius 2 is 2.04 bits per heavy atom. The molecular formula is C21H36N4O2S. The highest BCUT2D eigenvalue weighted by atomic mass is 32.1. The summed E-state index contributed by atoms with van der Waals surface area (Å²) in [5.74, 6) is 0.855. The van der Waals surface area contributed by atoms with E-state index in [0.717, 1.165) is 70.7 Å². The second-order valence-corrected chi connectivity index (χ2v) is 8.01. The zero-order valence-corrected chi connectivity index (χ0v) is 18.2. The Morgan fingerprint density at radius 1 is 1.25 bits per heavy atom. The summed E-state index contributed by atoms with van der Waals surface area (Å²) in [4.78, 5) is 18.5. The summed E-state index contributed by atoms with van der Waals surface area (Å²) in [6.07, 6.45) is 6.92. The Morgan fingerprint density at radius 3 is 2.71 bits per heavy atom. The van der Waals surface area contributed by atoms with Crippen LogP contribution in [0.1, 0.15) is 58.8 Å². The van der Waals surface area contributed by atoms with Crippen LogP contribution in [-0.2, 0) is 9.53 Å². The van der Waals surface area contributed by atoms with E-state index >= 15 is 0 Å². The van der Waals surface area contributed by atoms with Crippen molar-refractivity contribution in [2.24, 2.45) is 4.99 Å². The topological polar surface area (TPSA) is 66.0 Å². The average molecular weight is 409 g/mol. The van der Waals surface area contributed by atoms with Gasteiger partial charge in [-0.2, -0.15) is 0 Å². The predicted molar refractivity (Wildman–Crippen MR) is 118 cm³/mol. The number of esters is 1. The second-order valence-electron chi connectivity index (χ2n) is 7.09. The third-order valence-electron chi connectivity index (χ3n) is 4.86. The summed E-state index contributed by atoms with van der Waals surface area (Å²) in [6, 6.07) is 4.81. The van der Waals surface area contributed by atoms with Crippen molar-refractivity contribution in [1.82, 2.24) is 10.6 Å². The maximum Gasteiger partial charge on any atom is 0.305 e. The van der Waals surface area contributed by atoms with E-state index in [1.807, 2.05) is 18.3 Å². The van der Waals surface area contributed by atoms with Gasteiger partial charge < -0.3 is 20.3 Å². The lowest BCUT2D eigenvalue weighted by Crippen LogP contribution is -2.48. The first-order valence-electron chi connectivity index (χ1n) is 10.7. The minimum absolute atomic E-state index is 0.0794. The van der Waals surface area contributed by atoms with E-state index in [1.165, 1.54) is 5.00 Å². The van der Waals surface area contributed by atoms with Gasteiger partial charge in [0, 0.05) is 38.6 Å². The lowest BCUT2D eigenvalue weighted by Gasteiger charge is -2.33. The molecular weight excluding hydrogens is 372 g/mol. The molecule has 0 spiro atoms. The number of hydrogen-bond donors (Lipinski definition) is 2. The highest BCUT2D eigenvalue weighted by Gasteiger charge is 2.20. The van der Waals surface area contributed by atoms with Crippen LogP contribution in [0.15, 0.2) is 22.5 Å². The Bertz CT molecular complexity index is 569. The Hall–Kier alpha value is -1.76. The smallest absolute Gasteiger partial charge is 0.305 e. The maximum atomic E-state index is 11.3. The number of unbranched alkanes of at least 4 members (excludes halogenated alkanes) is 3. The fourth-order valence-corrected chi connectivity index (χ4v) is 4.15. The third kappa shape index (κ3) is 8.50. The summed E-state index contributed by atoms with van der Waals surface area (Å²) >= 11 is 1.82. The molecule has 6 nitrogen and oxygen atoms in total. The molecule has 7 heteroatoms. The normalized spacial score (nSPS) is 15.5. The van der Waals surface area contributed by atoms with E-state index in [-0.39, 0.29) is 5.97 Å². The Balaban J connectivity index is 1.62. The molecule has 0 unspecified atom stereocenters. The molecule has 1 aromatic heterocycles. The standard InChI is InChI=1S/C21H36N4O2S/c1-3-22-21(23-14-8-6-5-7-11-20(26)27-4-2)24-18-12-15-25(16-13-18)19-10-9-17-28-19/h9-10,17-18H,3-8,11-16H2,1-2H3,(H2,22,23,24). The first-order chi connectivity index (χ1) is 13.7. The fraction of sp³-hybridized carbons (Fsp3) is 0.714. The van der Waals surface area contributed by atoms with Gasteiger partial charge in [0.1, 0.15) is 0 Å². The van der Waals surface area contributed by atoms with Crippen molar-refractivity contribution in [1.29, 1.82) is 0 Å². The van der Waals surface area contributed by atoms with Gasteiger partial charge in [0.15, 0.2) is 5.96 Å². The number of guanidine groups is 1. The molecule has 1 saturated heterocycles. The van der Waals surface area contributed by atoms with Crippen LogP contribution < -0.4 is 15.5 Å². The van der Waals surface area contributed by atoms with Crippen LogP contribution in [0.3, 0.4) is 0 Å². The van der Waals surface area contributed by atoms with Gasteiger partial charge in [-0.25, -0.2) is 0 Å². The number of anilines is 1. The van der Waals surface area contributed by atoms with Gasteiger partial charge in [-0.3, -0.25) is 9.79 Å². The maximum absolute atomic E-state index is 11.3. The van der Waals surface area contributed by atoms with Crippen molar-refractivity contribution in [3.63, 3.8) is 0 Å². The first kappa shape index (κ1) is 22.5. The van der Waals surface area contributed by atoms with Gasteiger partial charge in [-0.1, -0.05) is 12.8 Å². The number of hydrogen-bond acceptors (Lipinski definition) is 5. The largest absolute Gasteiger partial charge is 0.466 e. The van der Waals surface area contributed by atoms with E-state index in [0.29, 0.717) is 19.1 Å². The van der Waals surface area contributed by atoms with Crippen molar-refractivity contribution >= 4 is 28.3 Å². The molecule has 1 fully saturated rings. The number of ether oxygens (including phenoxy) is 1. The van der Waals surface area contributed by atoms with Crippen LogP contribution in [0.5, 0.6) is 0 Å². The number of thiophene rings is 1. The van der Waals surface area contributed by atoms with Crippen LogP contribution >= 0.6 is 11.3 Å². The van der Waals surface area contributed by atoms with Crippen molar-refractivity contribution in [3.8, 4) is 0 Å². The van der Waals surface area contributed by atoms with Gasteiger partial charge in [-0.05, 0) is 57.0 Å². The third-order valence-corrected chi connectivity index (χ3v) is 5.79. The van der Waals surface area contributed by atoms with E-state index in [1.54, 1.807) is 0 Å². The first-order valence-corrected chi connectivity index (χ1v) is 11.6. The molecule has 0 radical (unpaired) electrons. The highest BCUT2D eigenvalue weighted by Crippen LogP contribution is 2.24. The quantitative estimate of drug-likeness (QED) is 0.252. The molecule has 0 saturated carbocycles. The molecule has 0 atom stereocenters. The number of carbonyl (C=O) groups excluding carboxylic acids is 1. The van der Waals surface area contributed by atoms with Gasteiger partial charge in [0.05, 0.1) is 11.6 Å². The second kappa shape index (κ2) is 13.4. The Labute approximate surface area is 173 Å². The fourth-order valence-electron chi connectivity index (χ4n) is 3.37. The van der Waals surface area contributed by atoms with Gasteiger partial charge in [0.2, 0.25) is 0 Å². The summed E-state index contributed by atoms with van der Waals surface area (Å²) in [7, 11) is 0. The monoisotopic (exact) mass is 408 g/mol. The lowest BCUT2D eigenvalue weighted by atomic mass is 10.1. The summed E-state index contributed by atoms with van der Waals surface area (Å²) < 4.78 is 4.95. The molecule has 1 aliphatic heterocycles. The van der Waals surface area contributed by atoms with E-state index in [4.69, 9.17) is 9.73 Å². The minimum Gasteiger partial charge on any atom is -0.466 e. The zero-order chi connectivity index (χ0) is 20.0. The summed E-state index contributed by atoms with van der Waals surface area (Å²) in [6.45, 7) is 8.31. The van der Waals surface area contributed by atoms with Gasteiger partial charge >= 0.3 is 5.97 Å². The molecule has 2 rings (SSSR count). The number of nitrogens with zero attached hydrogens (tertiary/aromatic N) is 2. The summed E-state index contributed by atoms with van der Waals surface area (Å²) in [5, 5.41) is 10.5.